The van der Waals surface area contributed by atoms with Crippen molar-refractivity contribution in [2.24, 2.45) is 5.41 Å². The molecule has 0 spiro atoms. The van der Waals surface area contributed by atoms with Gasteiger partial charge in [0.1, 0.15) is 11.5 Å². The van der Waals surface area contributed by atoms with E-state index in [0.29, 0.717) is 0 Å². The van der Waals surface area contributed by atoms with Gasteiger partial charge in [0.25, 0.3) is 0 Å². The maximum atomic E-state index is 9.69. The quantitative estimate of drug-likeness (QED) is 0.668. The Bertz CT molecular complexity index is 421. The Labute approximate surface area is 120 Å². The van der Waals surface area contributed by atoms with Crippen molar-refractivity contribution in [3.8, 4) is 11.5 Å². The van der Waals surface area contributed by atoms with Gasteiger partial charge in [-0.05, 0) is 37.5 Å². The van der Waals surface area contributed by atoms with E-state index in [1.165, 1.54) is 25.3 Å². The first kappa shape index (κ1) is 15.1. The Kier molecular flexibility index (Phi) is 4.89. The van der Waals surface area contributed by atoms with Gasteiger partial charge in [-0.15, -0.1) is 0 Å². The zero-order chi connectivity index (χ0) is 14.6. The van der Waals surface area contributed by atoms with Crippen LogP contribution in [-0.2, 0) is 0 Å². The predicted molar refractivity (Wildman–Crippen MR) is 78.8 cm³/mol. The molecular weight excluding hydrogens is 254 g/mol. The van der Waals surface area contributed by atoms with Crippen LogP contribution in [0, 0.1) is 5.41 Å². The number of nitrogens with one attached hydrogen (secondary N) is 1. The summed E-state index contributed by atoms with van der Waals surface area (Å²) in [5.74, 6) is 0.145. The van der Waals surface area contributed by atoms with Gasteiger partial charge in [-0.1, -0.05) is 19.3 Å². The molecule has 1 saturated carbocycles. The largest absolute Gasteiger partial charge is 0.508 e. The summed E-state index contributed by atoms with van der Waals surface area (Å²) in [7, 11) is 0. The highest BCUT2D eigenvalue weighted by molar-refractivity contribution is 5.37. The summed E-state index contributed by atoms with van der Waals surface area (Å²) in [5, 5.41) is 32.2. The first-order valence-corrected chi connectivity index (χ1v) is 7.42. The zero-order valence-electron chi connectivity index (χ0n) is 12.1. The minimum atomic E-state index is -0.00855. The van der Waals surface area contributed by atoms with E-state index >= 15 is 0 Å². The number of aliphatic hydroxyl groups is 1. The third-order valence-corrected chi connectivity index (χ3v) is 4.46. The van der Waals surface area contributed by atoms with E-state index in [9.17, 15) is 15.3 Å². The number of aromatic hydroxyl groups is 2. The van der Waals surface area contributed by atoms with Crippen molar-refractivity contribution >= 4 is 0 Å². The molecule has 1 atom stereocenters. The van der Waals surface area contributed by atoms with Crippen LogP contribution >= 0.6 is 0 Å². The van der Waals surface area contributed by atoms with Gasteiger partial charge in [-0.3, -0.25) is 0 Å². The van der Waals surface area contributed by atoms with Gasteiger partial charge in [0.2, 0.25) is 0 Å². The highest BCUT2D eigenvalue weighted by Gasteiger charge is 2.31. The summed E-state index contributed by atoms with van der Waals surface area (Å²) < 4.78 is 0. The van der Waals surface area contributed by atoms with Gasteiger partial charge in [0.05, 0.1) is 0 Å². The minimum Gasteiger partial charge on any atom is -0.508 e. The molecule has 20 heavy (non-hydrogen) atoms. The van der Waals surface area contributed by atoms with Crippen molar-refractivity contribution in [2.45, 2.75) is 45.1 Å². The molecule has 4 nitrogen and oxygen atoms in total. The fourth-order valence-electron chi connectivity index (χ4n) is 3.05. The number of hydrogen-bond acceptors (Lipinski definition) is 4. The normalized spacial score (nSPS) is 19.7. The minimum absolute atomic E-state index is 0.00855. The molecule has 4 N–H and O–H groups in total. The van der Waals surface area contributed by atoms with Gasteiger partial charge < -0.3 is 20.6 Å². The second kappa shape index (κ2) is 6.46. The Hall–Kier alpha value is -1.26. The number of hydrogen-bond donors (Lipinski definition) is 4. The maximum absolute atomic E-state index is 9.69. The molecule has 0 aliphatic heterocycles. The maximum Gasteiger partial charge on any atom is 0.119 e. The zero-order valence-corrected chi connectivity index (χ0v) is 12.1. The smallest absolute Gasteiger partial charge is 0.119 e. The van der Waals surface area contributed by atoms with Crippen LogP contribution in [0.1, 0.15) is 50.6 Å². The SMILES string of the molecule is CC(NCC1(CO)CCCCC1)c1cc(O)cc(O)c1. The van der Waals surface area contributed by atoms with Crippen molar-refractivity contribution < 1.29 is 15.3 Å². The second-order valence-electron chi connectivity index (χ2n) is 6.10. The number of phenolic OH excluding ortho intramolecular Hbond substituents is 2. The molecule has 1 aromatic rings. The second-order valence-corrected chi connectivity index (χ2v) is 6.10. The van der Waals surface area contributed by atoms with Gasteiger partial charge in [-0.2, -0.15) is 0 Å². The average molecular weight is 279 g/mol. The van der Waals surface area contributed by atoms with E-state index in [1.54, 1.807) is 12.1 Å². The topological polar surface area (TPSA) is 72.7 Å². The first-order valence-electron chi connectivity index (χ1n) is 7.42. The molecule has 1 fully saturated rings. The third kappa shape index (κ3) is 3.64. The lowest BCUT2D eigenvalue weighted by Gasteiger charge is -2.36. The lowest BCUT2D eigenvalue weighted by atomic mass is 9.74. The fourth-order valence-corrected chi connectivity index (χ4v) is 3.05. The lowest BCUT2D eigenvalue weighted by Crippen LogP contribution is -2.39. The molecule has 0 amide bonds. The Morgan fingerprint density at radius 1 is 1.10 bits per heavy atom. The highest BCUT2D eigenvalue weighted by Crippen LogP contribution is 2.36. The first-order chi connectivity index (χ1) is 9.54. The summed E-state index contributed by atoms with van der Waals surface area (Å²) in [4.78, 5) is 0. The Morgan fingerprint density at radius 2 is 1.70 bits per heavy atom. The molecule has 0 saturated heterocycles. The van der Waals surface area contributed by atoms with Crippen LogP contribution in [-0.4, -0.2) is 28.5 Å². The molecule has 0 aromatic heterocycles. The molecule has 0 heterocycles. The molecule has 0 radical (unpaired) electrons. The van der Waals surface area contributed by atoms with Crippen LogP contribution in [0.2, 0.25) is 0 Å². The monoisotopic (exact) mass is 279 g/mol. The van der Waals surface area contributed by atoms with E-state index in [-0.39, 0.29) is 29.6 Å². The van der Waals surface area contributed by atoms with Crippen LogP contribution in [0.5, 0.6) is 11.5 Å². The van der Waals surface area contributed by atoms with Gasteiger partial charge >= 0.3 is 0 Å². The van der Waals surface area contributed by atoms with E-state index in [0.717, 1.165) is 24.9 Å². The van der Waals surface area contributed by atoms with Crippen LogP contribution in [0.4, 0.5) is 0 Å². The van der Waals surface area contributed by atoms with Gasteiger partial charge in [0.15, 0.2) is 0 Å². The third-order valence-electron chi connectivity index (χ3n) is 4.46. The summed E-state index contributed by atoms with van der Waals surface area (Å²) in [6, 6.07) is 4.67. The molecular formula is C16H25NO3. The van der Waals surface area contributed by atoms with Crippen molar-refractivity contribution in [1.82, 2.24) is 5.32 Å². The number of benzene rings is 1. The summed E-state index contributed by atoms with van der Waals surface area (Å²) in [6.07, 6.45) is 5.76. The lowest BCUT2D eigenvalue weighted by molar-refractivity contribution is 0.0788. The van der Waals surface area contributed by atoms with E-state index in [2.05, 4.69) is 5.32 Å². The van der Waals surface area contributed by atoms with Crippen LogP contribution in [0.3, 0.4) is 0 Å². The van der Waals surface area contributed by atoms with E-state index in [4.69, 9.17) is 0 Å². The predicted octanol–water partition coefficient (Wildman–Crippen LogP) is 2.69. The highest BCUT2D eigenvalue weighted by atomic mass is 16.3. The van der Waals surface area contributed by atoms with Crippen molar-refractivity contribution in [2.75, 3.05) is 13.2 Å². The van der Waals surface area contributed by atoms with E-state index < -0.39 is 0 Å². The summed E-state index contributed by atoms with van der Waals surface area (Å²) >= 11 is 0. The molecule has 112 valence electrons. The standard InChI is InChI=1S/C16H25NO3/c1-12(13-7-14(19)9-15(20)8-13)17-10-16(11-18)5-3-2-4-6-16/h7-9,12,17-20H,2-6,10-11H2,1H3. The summed E-state index contributed by atoms with van der Waals surface area (Å²) in [5.41, 5.74) is 0.845. The van der Waals surface area contributed by atoms with Gasteiger partial charge in [-0.25, -0.2) is 0 Å². The number of rotatable bonds is 5. The molecule has 2 rings (SSSR count). The van der Waals surface area contributed by atoms with Crippen LogP contribution in [0.15, 0.2) is 18.2 Å². The molecule has 4 heteroatoms. The molecule has 1 aliphatic carbocycles. The van der Waals surface area contributed by atoms with Crippen molar-refractivity contribution in [1.29, 1.82) is 0 Å². The molecule has 1 aromatic carbocycles. The fraction of sp³-hybridized carbons (Fsp3) is 0.625. The average Bonchev–Trinajstić information content (AvgIpc) is 2.45. The van der Waals surface area contributed by atoms with Gasteiger partial charge in [0, 0.05) is 30.7 Å². The molecule has 0 bridgehead atoms. The van der Waals surface area contributed by atoms with E-state index in [1.807, 2.05) is 6.92 Å². The van der Waals surface area contributed by atoms with Crippen LogP contribution in [0.25, 0.3) is 0 Å². The Balaban J connectivity index is 1.98. The Morgan fingerprint density at radius 3 is 2.25 bits per heavy atom. The molecule has 1 aliphatic rings. The summed E-state index contributed by atoms with van der Waals surface area (Å²) in [6.45, 7) is 2.99. The van der Waals surface area contributed by atoms with Crippen molar-refractivity contribution in [3.63, 3.8) is 0 Å². The number of aliphatic hydroxyl groups excluding tert-OH is 1. The number of phenols is 2. The molecule has 1 unspecified atom stereocenters. The van der Waals surface area contributed by atoms with Crippen molar-refractivity contribution in [3.05, 3.63) is 23.8 Å². The van der Waals surface area contributed by atoms with Crippen LogP contribution < -0.4 is 5.32 Å².